The van der Waals surface area contributed by atoms with Crippen LogP contribution in [0.1, 0.15) is 6.92 Å². The van der Waals surface area contributed by atoms with Crippen LogP contribution in [0.4, 0.5) is 0 Å². The predicted molar refractivity (Wildman–Crippen MR) is 42.0 cm³/mol. The van der Waals surface area contributed by atoms with E-state index in [-0.39, 0.29) is 5.91 Å². The van der Waals surface area contributed by atoms with Gasteiger partial charge in [0.15, 0.2) is 6.04 Å². The number of carbonyl (C=O) groups excluding carboxylic acids is 1. The molecule has 0 heterocycles. The van der Waals surface area contributed by atoms with Crippen molar-refractivity contribution in [3.8, 4) is 0 Å². The molecule has 1 unspecified atom stereocenters. The van der Waals surface area contributed by atoms with E-state index in [0.717, 1.165) is 0 Å². The molecule has 0 saturated heterocycles. The van der Waals surface area contributed by atoms with Gasteiger partial charge in [-0.3, -0.25) is 9.79 Å². The highest BCUT2D eigenvalue weighted by Gasteiger charge is 2.18. The fourth-order valence-electron chi connectivity index (χ4n) is 0.601. The van der Waals surface area contributed by atoms with Crippen LogP contribution in [0.15, 0.2) is 10.1 Å². The molecule has 0 bridgehead atoms. The number of nitrogens with one attached hydrogen (secondary N) is 2. The van der Waals surface area contributed by atoms with Crippen molar-refractivity contribution in [2.45, 2.75) is 13.0 Å². The number of likely N-dealkylation sites (N-methyl/N-ethyl adjacent to an activating group) is 1. The van der Waals surface area contributed by atoms with Gasteiger partial charge in [-0.05, 0) is 6.92 Å². The number of carbonyl (C=O) groups is 1. The molecule has 0 aliphatic carbocycles. The summed E-state index contributed by atoms with van der Waals surface area (Å²) in [6, 6.07) is -0.759. The van der Waals surface area contributed by atoms with E-state index in [9.17, 15) is 4.79 Å². The van der Waals surface area contributed by atoms with Gasteiger partial charge < -0.3 is 5.32 Å². The molecular formula is C6H12N4O. The lowest BCUT2D eigenvalue weighted by molar-refractivity contribution is -0.120. The van der Waals surface area contributed by atoms with E-state index < -0.39 is 6.04 Å². The number of amides is 1. The van der Waals surface area contributed by atoms with Crippen LogP contribution in [0.3, 0.4) is 0 Å². The predicted octanol–water partition coefficient (Wildman–Crippen LogP) is 0.223. The number of hydrogen-bond acceptors (Lipinski definition) is 4. The topological polar surface area (TPSA) is 77.7 Å². The lowest BCUT2D eigenvalue weighted by atomic mass is 10.2. The Morgan fingerprint density at radius 3 is 2.45 bits per heavy atom. The Balaban J connectivity index is 4.40. The number of aliphatic imine (C=N–C) groups is 1. The van der Waals surface area contributed by atoms with Gasteiger partial charge in [-0.1, -0.05) is 0 Å². The summed E-state index contributed by atoms with van der Waals surface area (Å²) in [7, 11) is 3.07. The maximum Gasteiger partial charge on any atom is 0.252 e. The summed E-state index contributed by atoms with van der Waals surface area (Å²) >= 11 is 0. The van der Waals surface area contributed by atoms with Gasteiger partial charge in [0.05, 0.1) is 0 Å². The van der Waals surface area contributed by atoms with E-state index in [0.29, 0.717) is 5.71 Å². The van der Waals surface area contributed by atoms with Crippen molar-refractivity contribution in [2.75, 3.05) is 14.1 Å². The summed E-state index contributed by atoms with van der Waals surface area (Å²) < 4.78 is 0. The smallest absolute Gasteiger partial charge is 0.252 e. The Bertz CT molecular complexity index is 187. The maximum atomic E-state index is 10.9. The highest BCUT2D eigenvalue weighted by atomic mass is 16.2. The van der Waals surface area contributed by atoms with Crippen molar-refractivity contribution in [2.24, 2.45) is 10.1 Å². The molecule has 0 spiro atoms. The molecule has 0 fully saturated rings. The van der Waals surface area contributed by atoms with E-state index in [2.05, 4.69) is 15.4 Å². The summed E-state index contributed by atoms with van der Waals surface area (Å²) in [5.41, 5.74) is 7.25. The molecule has 5 heteroatoms. The maximum absolute atomic E-state index is 10.9. The molecule has 0 aromatic heterocycles. The molecule has 11 heavy (non-hydrogen) atoms. The van der Waals surface area contributed by atoms with Crippen molar-refractivity contribution < 1.29 is 4.79 Å². The van der Waals surface area contributed by atoms with Crippen molar-refractivity contribution in [1.82, 2.24) is 5.32 Å². The van der Waals surface area contributed by atoms with E-state index >= 15 is 0 Å². The monoisotopic (exact) mass is 156 g/mol. The molecule has 0 aromatic rings. The van der Waals surface area contributed by atoms with E-state index in [1.54, 1.807) is 14.0 Å². The zero-order valence-electron chi connectivity index (χ0n) is 6.88. The molecular weight excluding hydrogens is 144 g/mol. The average molecular weight is 156 g/mol. The first kappa shape index (κ1) is 9.74. The zero-order chi connectivity index (χ0) is 8.85. The van der Waals surface area contributed by atoms with Crippen LogP contribution < -0.4 is 5.32 Å². The van der Waals surface area contributed by atoms with Crippen LogP contribution in [0, 0.1) is 5.53 Å². The van der Waals surface area contributed by atoms with Gasteiger partial charge in [0.25, 0.3) is 5.91 Å². The Kier molecular flexibility index (Phi) is 4.02. The number of hydrogen-bond donors (Lipinski definition) is 2. The lowest BCUT2D eigenvalue weighted by Gasteiger charge is -2.06. The highest BCUT2D eigenvalue weighted by molar-refractivity contribution is 6.06. The molecule has 1 amide bonds. The second kappa shape index (κ2) is 4.54. The van der Waals surface area contributed by atoms with Gasteiger partial charge in [0, 0.05) is 19.8 Å². The lowest BCUT2D eigenvalue weighted by Crippen LogP contribution is -2.35. The van der Waals surface area contributed by atoms with Crippen molar-refractivity contribution in [3.63, 3.8) is 0 Å². The van der Waals surface area contributed by atoms with Crippen molar-refractivity contribution >= 4 is 11.6 Å². The van der Waals surface area contributed by atoms with E-state index in [1.165, 1.54) is 7.05 Å². The summed E-state index contributed by atoms with van der Waals surface area (Å²) in [6.07, 6.45) is 0. The molecule has 0 rings (SSSR count). The minimum Gasteiger partial charge on any atom is -0.357 e. The van der Waals surface area contributed by atoms with Crippen LogP contribution in [0.2, 0.25) is 0 Å². The van der Waals surface area contributed by atoms with Crippen LogP contribution in [-0.2, 0) is 4.79 Å². The number of rotatable bonds is 3. The summed E-state index contributed by atoms with van der Waals surface area (Å²) in [5, 5.41) is 5.53. The third-order valence-electron chi connectivity index (χ3n) is 1.37. The Hall–Kier alpha value is -1.26. The molecule has 62 valence electrons. The van der Waals surface area contributed by atoms with Crippen molar-refractivity contribution in [3.05, 3.63) is 0 Å². The second-order valence-corrected chi connectivity index (χ2v) is 2.01. The first-order valence-corrected chi connectivity index (χ1v) is 3.18. The van der Waals surface area contributed by atoms with Gasteiger partial charge in [-0.15, -0.1) is 0 Å². The van der Waals surface area contributed by atoms with Crippen molar-refractivity contribution in [1.29, 1.82) is 5.53 Å². The molecule has 2 N–H and O–H groups in total. The van der Waals surface area contributed by atoms with Crippen LogP contribution >= 0.6 is 0 Å². The molecule has 0 aliphatic heterocycles. The summed E-state index contributed by atoms with van der Waals surface area (Å²) in [4.78, 5) is 14.7. The Morgan fingerprint density at radius 1 is 1.64 bits per heavy atom. The van der Waals surface area contributed by atoms with E-state index in [4.69, 9.17) is 5.53 Å². The van der Waals surface area contributed by atoms with Crippen LogP contribution in [0.5, 0.6) is 0 Å². The zero-order valence-corrected chi connectivity index (χ0v) is 6.88. The van der Waals surface area contributed by atoms with Gasteiger partial charge >= 0.3 is 0 Å². The SMILES string of the molecule is CN=C(C)C(N=N)C(=O)NC. The van der Waals surface area contributed by atoms with E-state index in [1.807, 2.05) is 0 Å². The second-order valence-electron chi connectivity index (χ2n) is 2.01. The third kappa shape index (κ3) is 2.45. The number of nitrogens with zero attached hydrogens (tertiary/aromatic N) is 2. The molecule has 0 aromatic carbocycles. The van der Waals surface area contributed by atoms with Crippen LogP contribution in [-0.4, -0.2) is 31.8 Å². The quantitative estimate of drug-likeness (QED) is 0.445. The van der Waals surface area contributed by atoms with Crippen LogP contribution in [0.25, 0.3) is 0 Å². The van der Waals surface area contributed by atoms with Gasteiger partial charge in [0.2, 0.25) is 0 Å². The minimum absolute atomic E-state index is 0.303. The average Bonchev–Trinajstić information content (AvgIpc) is 2.05. The largest absolute Gasteiger partial charge is 0.357 e. The molecule has 5 nitrogen and oxygen atoms in total. The fourth-order valence-corrected chi connectivity index (χ4v) is 0.601. The fraction of sp³-hybridized carbons (Fsp3) is 0.667. The van der Waals surface area contributed by atoms with Gasteiger partial charge in [-0.2, -0.15) is 5.11 Å². The standard InChI is InChI=1S/C6H12N4O/c1-4(8-2)5(10-7)6(11)9-3/h5,7H,1-3H3,(H,9,11). The minimum atomic E-state index is -0.759. The summed E-state index contributed by atoms with van der Waals surface area (Å²) in [5.74, 6) is -0.303. The highest BCUT2D eigenvalue weighted by Crippen LogP contribution is 1.94. The summed E-state index contributed by atoms with van der Waals surface area (Å²) in [6.45, 7) is 1.66. The molecule has 0 radical (unpaired) electrons. The molecule has 0 aliphatic rings. The molecule has 0 saturated carbocycles. The Labute approximate surface area is 65.4 Å². The first-order valence-electron chi connectivity index (χ1n) is 3.18. The van der Waals surface area contributed by atoms with Gasteiger partial charge in [-0.25, -0.2) is 5.53 Å². The third-order valence-corrected chi connectivity index (χ3v) is 1.37. The van der Waals surface area contributed by atoms with Gasteiger partial charge in [0.1, 0.15) is 0 Å². The normalized spacial score (nSPS) is 13.9. The first-order chi connectivity index (χ1) is 5.17. The molecule has 1 atom stereocenters. The Morgan fingerprint density at radius 2 is 2.18 bits per heavy atom.